The van der Waals surface area contributed by atoms with Gasteiger partial charge in [0.2, 0.25) is 0 Å². The molecule has 0 saturated carbocycles. The van der Waals surface area contributed by atoms with Crippen LogP contribution in [0, 0.1) is 5.92 Å². The molecule has 2 atom stereocenters. The molecule has 2 heteroatoms. The first kappa shape index (κ1) is 18.0. The summed E-state index contributed by atoms with van der Waals surface area (Å²) in [5.74, 6) is 1.85. The average molecular weight is 291 g/mol. The smallest absolute Gasteiger partial charge is 0.122 e. The van der Waals surface area contributed by atoms with Crippen LogP contribution in [0.1, 0.15) is 58.4 Å². The topological polar surface area (TPSA) is 21.3 Å². The molecule has 2 unspecified atom stereocenters. The van der Waals surface area contributed by atoms with E-state index in [0.717, 1.165) is 24.6 Å². The van der Waals surface area contributed by atoms with E-state index in [2.05, 4.69) is 44.3 Å². The molecule has 1 aromatic rings. The molecule has 0 bridgehead atoms. The van der Waals surface area contributed by atoms with Crippen LogP contribution in [-0.2, 0) is 6.42 Å². The van der Waals surface area contributed by atoms with Gasteiger partial charge in [0.25, 0.3) is 0 Å². The van der Waals surface area contributed by atoms with Gasteiger partial charge in [-0.2, -0.15) is 0 Å². The van der Waals surface area contributed by atoms with Crippen LogP contribution >= 0.6 is 0 Å². The van der Waals surface area contributed by atoms with E-state index in [1.165, 1.54) is 37.7 Å². The van der Waals surface area contributed by atoms with Crippen LogP contribution in [0.5, 0.6) is 5.75 Å². The van der Waals surface area contributed by atoms with Crippen LogP contribution < -0.4 is 10.1 Å². The van der Waals surface area contributed by atoms with Crippen molar-refractivity contribution in [1.29, 1.82) is 0 Å². The summed E-state index contributed by atoms with van der Waals surface area (Å²) < 4.78 is 5.49. The maximum absolute atomic E-state index is 5.49. The molecule has 0 spiro atoms. The molecule has 0 aliphatic rings. The van der Waals surface area contributed by atoms with Gasteiger partial charge < -0.3 is 10.1 Å². The molecule has 0 aromatic heterocycles. The van der Waals surface area contributed by atoms with Crippen molar-refractivity contribution in [3.63, 3.8) is 0 Å². The van der Waals surface area contributed by atoms with Gasteiger partial charge in [0.05, 0.1) is 7.11 Å². The van der Waals surface area contributed by atoms with E-state index in [-0.39, 0.29) is 0 Å². The summed E-state index contributed by atoms with van der Waals surface area (Å²) in [5, 5.41) is 3.67. The van der Waals surface area contributed by atoms with Gasteiger partial charge in [0, 0.05) is 6.04 Å². The van der Waals surface area contributed by atoms with Crippen LogP contribution in [0.15, 0.2) is 24.3 Å². The van der Waals surface area contributed by atoms with Crippen molar-refractivity contribution in [3.8, 4) is 5.75 Å². The SMILES string of the molecule is CCCCC(CC)CC(Cc1ccccc1OC)NCC. The summed E-state index contributed by atoms with van der Waals surface area (Å²) >= 11 is 0. The van der Waals surface area contributed by atoms with Gasteiger partial charge in [-0.15, -0.1) is 0 Å². The zero-order valence-corrected chi connectivity index (χ0v) is 14.3. The summed E-state index contributed by atoms with van der Waals surface area (Å²) in [6.07, 6.45) is 7.62. The van der Waals surface area contributed by atoms with Crippen molar-refractivity contribution in [2.24, 2.45) is 5.92 Å². The van der Waals surface area contributed by atoms with Crippen LogP contribution in [0.2, 0.25) is 0 Å². The Balaban J connectivity index is 2.67. The lowest BCUT2D eigenvalue weighted by atomic mass is 9.89. The van der Waals surface area contributed by atoms with Gasteiger partial charge in [-0.1, -0.05) is 64.7 Å². The average Bonchev–Trinajstić information content (AvgIpc) is 2.52. The van der Waals surface area contributed by atoms with Crippen molar-refractivity contribution < 1.29 is 4.74 Å². The van der Waals surface area contributed by atoms with Gasteiger partial charge in [-0.05, 0) is 36.9 Å². The lowest BCUT2D eigenvalue weighted by molar-refractivity contribution is 0.346. The lowest BCUT2D eigenvalue weighted by Gasteiger charge is -2.24. The largest absolute Gasteiger partial charge is 0.496 e. The second-order valence-electron chi connectivity index (χ2n) is 5.92. The van der Waals surface area contributed by atoms with Crippen molar-refractivity contribution in [1.82, 2.24) is 5.32 Å². The standard InChI is InChI=1S/C19H33NO/c1-5-8-11-16(6-2)14-18(20-7-3)15-17-12-9-10-13-19(17)21-4/h9-10,12-13,16,18,20H,5-8,11,14-15H2,1-4H3. The molecule has 1 aromatic carbocycles. The maximum Gasteiger partial charge on any atom is 0.122 e. The molecule has 0 radical (unpaired) electrons. The van der Waals surface area contributed by atoms with Gasteiger partial charge >= 0.3 is 0 Å². The molecule has 0 amide bonds. The number of methoxy groups -OCH3 is 1. The minimum Gasteiger partial charge on any atom is -0.496 e. The third-order valence-corrected chi connectivity index (χ3v) is 4.31. The predicted octanol–water partition coefficient (Wildman–Crippen LogP) is 4.82. The summed E-state index contributed by atoms with van der Waals surface area (Å²) in [6, 6.07) is 8.95. The van der Waals surface area contributed by atoms with Crippen molar-refractivity contribution in [2.45, 2.75) is 65.3 Å². The van der Waals surface area contributed by atoms with E-state index in [1.54, 1.807) is 7.11 Å². The van der Waals surface area contributed by atoms with Gasteiger partial charge in [-0.3, -0.25) is 0 Å². The van der Waals surface area contributed by atoms with Gasteiger partial charge in [0.15, 0.2) is 0 Å². The lowest BCUT2D eigenvalue weighted by Crippen LogP contribution is -2.33. The molecule has 2 nitrogen and oxygen atoms in total. The molecular weight excluding hydrogens is 258 g/mol. The zero-order chi connectivity index (χ0) is 15.5. The van der Waals surface area contributed by atoms with Gasteiger partial charge in [-0.25, -0.2) is 0 Å². The summed E-state index contributed by atoms with van der Waals surface area (Å²) in [5.41, 5.74) is 1.32. The molecule has 120 valence electrons. The van der Waals surface area contributed by atoms with E-state index in [9.17, 15) is 0 Å². The van der Waals surface area contributed by atoms with Crippen LogP contribution in [0.25, 0.3) is 0 Å². The monoisotopic (exact) mass is 291 g/mol. The number of rotatable bonds is 11. The Kier molecular flexibility index (Phi) is 9.16. The second kappa shape index (κ2) is 10.7. The van der Waals surface area contributed by atoms with Crippen LogP contribution in [0.4, 0.5) is 0 Å². The maximum atomic E-state index is 5.49. The fourth-order valence-electron chi connectivity index (χ4n) is 3.05. The Hall–Kier alpha value is -1.02. The third kappa shape index (κ3) is 6.52. The van der Waals surface area contributed by atoms with E-state index in [1.807, 2.05) is 6.07 Å². The molecule has 1 rings (SSSR count). The number of ether oxygens (including phenoxy) is 1. The molecule has 0 heterocycles. The Morgan fingerprint density at radius 1 is 1.14 bits per heavy atom. The molecule has 0 aliphatic heterocycles. The number of para-hydroxylation sites is 1. The minimum absolute atomic E-state index is 0.549. The first-order valence-electron chi connectivity index (χ1n) is 8.60. The van der Waals surface area contributed by atoms with Gasteiger partial charge in [0.1, 0.15) is 5.75 Å². The van der Waals surface area contributed by atoms with Crippen molar-refractivity contribution in [2.75, 3.05) is 13.7 Å². The van der Waals surface area contributed by atoms with E-state index in [0.29, 0.717) is 6.04 Å². The molecule has 0 fully saturated rings. The molecular formula is C19H33NO. The number of hydrogen-bond acceptors (Lipinski definition) is 2. The fraction of sp³-hybridized carbons (Fsp3) is 0.684. The Morgan fingerprint density at radius 2 is 1.90 bits per heavy atom. The highest BCUT2D eigenvalue weighted by molar-refractivity contribution is 5.33. The summed E-state index contributed by atoms with van der Waals surface area (Å²) in [4.78, 5) is 0. The number of likely N-dealkylation sites (N-methyl/N-ethyl adjacent to an activating group) is 1. The fourth-order valence-corrected chi connectivity index (χ4v) is 3.05. The molecule has 0 aliphatic carbocycles. The normalized spacial score (nSPS) is 13.9. The molecule has 1 N–H and O–H groups in total. The summed E-state index contributed by atoms with van der Waals surface area (Å²) in [7, 11) is 1.76. The predicted molar refractivity (Wildman–Crippen MR) is 92.1 cm³/mol. The second-order valence-corrected chi connectivity index (χ2v) is 5.92. The number of unbranched alkanes of at least 4 members (excludes halogenated alkanes) is 1. The zero-order valence-electron chi connectivity index (χ0n) is 14.3. The Labute approximate surface area is 131 Å². The Bertz CT molecular complexity index is 378. The highest BCUT2D eigenvalue weighted by Crippen LogP contribution is 2.24. The van der Waals surface area contributed by atoms with Crippen molar-refractivity contribution in [3.05, 3.63) is 29.8 Å². The highest BCUT2D eigenvalue weighted by Gasteiger charge is 2.16. The van der Waals surface area contributed by atoms with Crippen LogP contribution in [-0.4, -0.2) is 19.7 Å². The minimum atomic E-state index is 0.549. The van der Waals surface area contributed by atoms with Crippen molar-refractivity contribution >= 4 is 0 Å². The summed E-state index contributed by atoms with van der Waals surface area (Å²) in [6.45, 7) is 7.84. The van der Waals surface area contributed by atoms with Crippen LogP contribution in [0.3, 0.4) is 0 Å². The third-order valence-electron chi connectivity index (χ3n) is 4.31. The van der Waals surface area contributed by atoms with E-state index >= 15 is 0 Å². The number of nitrogens with one attached hydrogen (secondary N) is 1. The van der Waals surface area contributed by atoms with E-state index < -0.39 is 0 Å². The van der Waals surface area contributed by atoms with E-state index in [4.69, 9.17) is 4.74 Å². The number of hydrogen-bond donors (Lipinski definition) is 1. The highest BCUT2D eigenvalue weighted by atomic mass is 16.5. The Morgan fingerprint density at radius 3 is 2.52 bits per heavy atom. The molecule has 21 heavy (non-hydrogen) atoms. The number of benzene rings is 1. The first-order chi connectivity index (χ1) is 10.2. The quantitative estimate of drug-likeness (QED) is 0.631. The first-order valence-corrected chi connectivity index (χ1v) is 8.60. The molecule has 0 saturated heterocycles.